The molecule has 0 unspecified atom stereocenters. The van der Waals surface area contributed by atoms with Gasteiger partial charge in [-0.15, -0.1) is 0 Å². The molecule has 2 aromatic rings. The molecular formula is C23H29N3O4. The maximum Gasteiger partial charge on any atom is 0.315 e. The van der Waals surface area contributed by atoms with E-state index in [1.165, 1.54) is 5.56 Å². The number of urea groups is 1. The summed E-state index contributed by atoms with van der Waals surface area (Å²) in [7, 11) is 3.12. The molecule has 2 N–H and O–H groups in total. The summed E-state index contributed by atoms with van der Waals surface area (Å²) < 4.78 is 10.6. The fraction of sp³-hybridized carbons (Fsp3) is 0.391. The Morgan fingerprint density at radius 3 is 2.57 bits per heavy atom. The van der Waals surface area contributed by atoms with Crippen LogP contribution in [-0.2, 0) is 11.2 Å². The Labute approximate surface area is 177 Å². The highest BCUT2D eigenvalue weighted by Gasteiger charge is 2.32. The van der Waals surface area contributed by atoms with Gasteiger partial charge in [-0.2, -0.15) is 0 Å². The summed E-state index contributed by atoms with van der Waals surface area (Å²) in [5.74, 6) is 1.13. The molecule has 0 saturated carbocycles. The van der Waals surface area contributed by atoms with E-state index in [0.717, 1.165) is 18.5 Å². The number of ether oxygens (including phenoxy) is 2. The van der Waals surface area contributed by atoms with Gasteiger partial charge in [-0.25, -0.2) is 4.79 Å². The number of methoxy groups -OCH3 is 2. The third kappa shape index (κ3) is 5.43. The smallest absolute Gasteiger partial charge is 0.315 e. The molecule has 3 amide bonds. The maximum atomic E-state index is 12.5. The number of benzene rings is 2. The first-order valence-corrected chi connectivity index (χ1v) is 10.1. The van der Waals surface area contributed by atoms with Crippen molar-refractivity contribution < 1.29 is 19.1 Å². The lowest BCUT2D eigenvalue weighted by molar-refractivity contribution is -0.117. The molecule has 0 bridgehead atoms. The van der Waals surface area contributed by atoms with Crippen molar-refractivity contribution in [2.24, 2.45) is 0 Å². The van der Waals surface area contributed by atoms with Crippen LogP contribution < -0.4 is 25.0 Å². The van der Waals surface area contributed by atoms with Crippen LogP contribution >= 0.6 is 0 Å². The molecule has 160 valence electrons. The van der Waals surface area contributed by atoms with Gasteiger partial charge in [0, 0.05) is 30.8 Å². The lowest BCUT2D eigenvalue weighted by Crippen LogP contribution is -2.46. The molecule has 7 heteroatoms. The van der Waals surface area contributed by atoms with Gasteiger partial charge in [0.05, 0.1) is 20.3 Å². The third-order valence-corrected chi connectivity index (χ3v) is 5.23. The Morgan fingerprint density at radius 1 is 1.13 bits per heavy atom. The quantitative estimate of drug-likeness (QED) is 0.699. The van der Waals surface area contributed by atoms with Crippen LogP contribution in [0, 0.1) is 0 Å². The number of nitrogens with zero attached hydrogens (tertiary/aromatic N) is 1. The molecular weight excluding hydrogens is 382 g/mol. The number of anilines is 1. The number of nitrogens with one attached hydrogen (secondary N) is 2. The number of carbonyl (C=O) groups excluding carboxylic acids is 2. The van der Waals surface area contributed by atoms with E-state index in [4.69, 9.17) is 9.47 Å². The Morgan fingerprint density at radius 2 is 1.87 bits per heavy atom. The summed E-state index contributed by atoms with van der Waals surface area (Å²) >= 11 is 0. The minimum atomic E-state index is -0.248. The van der Waals surface area contributed by atoms with Gasteiger partial charge in [0.25, 0.3) is 0 Å². The summed E-state index contributed by atoms with van der Waals surface area (Å²) in [5, 5.41) is 5.88. The van der Waals surface area contributed by atoms with Crippen LogP contribution in [0.25, 0.3) is 0 Å². The average Bonchev–Trinajstić information content (AvgIpc) is 3.12. The Balaban J connectivity index is 1.50. The lowest BCUT2D eigenvalue weighted by Gasteiger charge is -2.20. The van der Waals surface area contributed by atoms with E-state index in [2.05, 4.69) is 22.8 Å². The van der Waals surface area contributed by atoms with Crippen LogP contribution in [0.5, 0.6) is 11.5 Å². The van der Waals surface area contributed by atoms with E-state index in [0.29, 0.717) is 18.0 Å². The predicted molar refractivity (Wildman–Crippen MR) is 116 cm³/mol. The largest absolute Gasteiger partial charge is 0.493 e. The molecule has 1 heterocycles. The fourth-order valence-electron chi connectivity index (χ4n) is 3.60. The summed E-state index contributed by atoms with van der Waals surface area (Å²) in [5.41, 5.74) is 1.97. The van der Waals surface area contributed by atoms with E-state index >= 15 is 0 Å². The molecule has 2 atom stereocenters. The number of aryl methyl sites for hydroxylation is 1. The summed E-state index contributed by atoms with van der Waals surface area (Å²) in [6.45, 7) is 2.40. The Kier molecular flexibility index (Phi) is 7.17. The zero-order valence-electron chi connectivity index (χ0n) is 17.7. The van der Waals surface area contributed by atoms with E-state index in [-0.39, 0.29) is 30.4 Å². The van der Waals surface area contributed by atoms with Crippen LogP contribution in [0.3, 0.4) is 0 Å². The van der Waals surface area contributed by atoms with Crippen molar-refractivity contribution in [1.82, 2.24) is 10.6 Å². The van der Waals surface area contributed by atoms with Crippen LogP contribution in [0.15, 0.2) is 48.5 Å². The van der Waals surface area contributed by atoms with Crippen molar-refractivity contribution in [3.8, 4) is 11.5 Å². The minimum absolute atomic E-state index is 0.0317. The first kappa shape index (κ1) is 21.5. The second-order valence-electron chi connectivity index (χ2n) is 7.49. The lowest BCUT2D eigenvalue weighted by atomic mass is 10.1. The van der Waals surface area contributed by atoms with Gasteiger partial charge in [0.1, 0.15) is 0 Å². The molecule has 30 heavy (non-hydrogen) atoms. The average molecular weight is 412 g/mol. The normalized spacial score (nSPS) is 16.8. The maximum absolute atomic E-state index is 12.5. The first-order chi connectivity index (χ1) is 14.5. The molecule has 0 spiro atoms. The van der Waals surface area contributed by atoms with Gasteiger partial charge in [-0.1, -0.05) is 30.3 Å². The molecule has 3 rings (SSSR count). The number of hydrogen-bond acceptors (Lipinski definition) is 4. The molecule has 0 radical (unpaired) electrons. The van der Waals surface area contributed by atoms with Gasteiger partial charge in [0.15, 0.2) is 11.5 Å². The van der Waals surface area contributed by atoms with E-state index in [9.17, 15) is 9.59 Å². The highest BCUT2D eigenvalue weighted by Crippen LogP contribution is 2.33. The number of amides is 3. The Bertz CT molecular complexity index is 872. The molecule has 2 aromatic carbocycles. The highest BCUT2D eigenvalue weighted by molar-refractivity contribution is 5.97. The summed E-state index contributed by atoms with van der Waals surface area (Å²) in [4.78, 5) is 26.5. The second kappa shape index (κ2) is 10.0. The van der Waals surface area contributed by atoms with Gasteiger partial charge < -0.3 is 25.0 Å². The number of carbonyl (C=O) groups is 2. The monoisotopic (exact) mass is 411 g/mol. The minimum Gasteiger partial charge on any atom is -0.493 e. The van der Waals surface area contributed by atoms with Crippen molar-refractivity contribution in [2.45, 2.75) is 38.3 Å². The van der Waals surface area contributed by atoms with E-state index in [1.807, 2.05) is 31.2 Å². The predicted octanol–water partition coefficient (Wildman–Crippen LogP) is 3.13. The van der Waals surface area contributed by atoms with E-state index < -0.39 is 0 Å². The third-order valence-electron chi connectivity index (χ3n) is 5.23. The zero-order valence-corrected chi connectivity index (χ0v) is 17.7. The van der Waals surface area contributed by atoms with Crippen LogP contribution in [-0.4, -0.2) is 44.8 Å². The van der Waals surface area contributed by atoms with Crippen molar-refractivity contribution in [3.05, 3.63) is 54.1 Å². The van der Waals surface area contributed by atoms with Gasteiger partial charge in [0.2, 0.25) is 5.91 Å². The number of hydrogen-bond donors (Lipinski definition) is 2. The fourth-order valence-corrected chi connectivity index (χ4v) is 3.60. The van der Waals surface area contributed by atoms with Crippen LogP contribution in [0.2, 0.25) is 0 Å². The highest BCUT2D eigenvalue weighted by atomic mass is 16.5. The van der Waals surface area contributed by atoms with Crippen molar-refractivity contribution in [1.29, 1.82) is 0 Å². The van der Waals surface area contributed by atoms with Gasteiger partial charge in [-0.05, 0) is 37.5 Å². The summed E-state index contributed by atoms with van der Waals surface area (Å²) in [6, 6.07) is 15.1. The molecule has 7 nitrogen and oxygen atoms in total. The molecule has 0 aliphatic carbocycles. The van der Waals surface area contributed by atoms with Crippen molar-refractivity contribution in [2.75, 3.05) is 25.7 Å². The molecule has 1 saturated heterocycles. The van der Waals surface area contributed by atoms with Crippen LogP contribution in [0.1, 0.15) is 25.3 Å². The van der Waals surface area contributed by atoms with Gasteiger partial charge >= 0.3 is 6.03 Å². The first-order valence-electron chi connectivity index (χ1n) is 10.1. The number of rotatable bonds is 8. The molecule has 1 aliphatic rings. The standard InChI is InChI=1S/C23H29N3O4/c1-16(9-10-17-7-5-4-6-8-17)24-23(28)25-18-13-22(27)26(15-18)19-11-12-20(29-2)21(14-19)30-3/h4-8,11-12,14,16,18H,9-10,13,15H2,1-3H3,(H2,24,25,28)/t16-,18+/m1/s1. The van der Waals surface area contributed by atoms with Crippen molar-refractivity contribution >= 4 is 17.6 Å². The molecule has 1 fully saturated rings. The van der Waals surface area contributed by atoms with E-state index in [1.54, 1.807) is 31.3 Å². The summed E-state index contributed by atoms with van der Waals surface area (Å²) in [6.07, 6.45) is 2.01. The Hall–Kier alpha value is -3.22. The molecule has 1 aliphatic heterocycles. The van der Waals surface area contributed by atoms with Gasteiger partial charge in [-0.3, -0.25) is 4.79 Å². The van der Waals surface area contributed by atoms with Crippen molar-refractivity contribution in [3.63, 3.8) is 0 Å². The molecule has 0 aromatic heterocycles. The van der Waals surface area contributed by atoms with Crippen LogP contribution in [0.4, 0.5) is 10.5 Å². The SMILES string of the molecule is COc1ccc(N2C[C@@H](NC(=O)N[C@H](C)CCc3ccccc3)CC2=O)cc1OC. The second-order valence-corrected chi connectivity index (χ2v) is 7.49. The zero-order chi connectivity index (χ0) is 21.5. The topological polar surface area (TPSA) is 79.9 Å².